The van der Waals surface area contributed by atoms with Gasteiger partial charge in [-0.1, -0.05) is 11.8 Å². The fourth-order valence-electron chi connectivity index (χ4n) is 2.12. The molecule has 1 N–H and O–H groups in total. The minimum absolute atomic E-state index is 0.209. The average molecular weight is 304 g/mol. The van der Waals surface area contributed by atoms with Gasteiger partial charge in [-0.25, -0.2) is 14.8 Å². The Morgan fingerprint density at radius 1 is 1.48 bits per heavy atom. The SMILES string of the molecule is Cc1nc(C2CC2)nc(SCc2ccn(C)n2)c1C(=O)O. The minimum Gasteiger partial charge on any atom is -0.478 e. The second-order valence-corrected chi connectivity index (χ2v) is 6.16. The van der Waals surface area contributed by atoms with Crippen LogP contribution in [0.2, 0.25) is 0 Å². The number of carboxylic acids is 1. The molecule has 0 unspecified atom stereocenters. The van der Waals surface area contributed by atoms with Crippen LogP contribution in [-0.2, 0) is 12.8 Å². The van der Waals surface area contributed by atoms with Gasteiger partial charge in [0.2, 0.25) is 0 Å². The summed E-state index contributed by atoms with van der Waals surface area (Å²) < 4.78 is 1.73. The zero-order valence-corrected chi connectivity index (χ0v) is 12.7. The lowest BCUT2D eigenvalue weighted by Gasteiger charge is -2.09. The number of carboxylic acid groups (broad SMARTS) is 1. The third-order valence-electron chi connectivity index (χ3n) is 3.36. The molecular weight excluding hydrogens is 288 g/mol. The van der Waals surface area contributed by atoms with Crippen LogP contribution in [0.5, 0.6) is 0 Å². The van der Waals surface area contributed by atoms with E-state index in [-0.39, 0.29) is 5.56 Å². The third kappa shape index (κ3) is 3.07. The van der Waals surface area contributed by atoms with Gasteiger partial charge in [0, 0.05) is 24.9 Å². The predicted molar refractivity (Wildman–Crippen MR) is 78.5 cm³/mol. The van der Waals surface area contributed by atoms with Crippen LogP contribution in [0.4, 0.5) is 0 Å². The molecule has 2 heterocycles. The van der Waals surface area contributed by atoms with E-state index in [0.29, 0.717) is 22.4 Å². The second-order valence-electron chi connectivity index (χ2n) is 5.20. The lowest BCUT2D eigenvalue weighted by molar-refractivity contribution is 0.0690. The van der Waals surface area contributed by atoms with Crippen molar-refractivity contribution in [1.82, 2.24) is 19.7 Å². The number of carbonyl (C=O) groups is 1. The Morgan fingerprint density at radius 2 is 2.24 bits per heavy atom. The van der Waals surface area contributed by atoms with Crippen LogP contribution in [0.25, 0.3) is 0 Å². The van der Waals surface area contributed by atoms with E-state index in [0.717, 1.165) is 24.4 Å². The summed E-state index contributed by atoms with van der Waals surface area (Å²) in [5, 5.41) is 14.2. The standard InChI is InChI=1S/C14H16N4O2S/c1-8-11(14(19)20)13(16-12(15-8)9-3-4-9)21-7-10-5-6-18(2)17-10/h5-6,9H,3-4,7H2,1-2H3,(H,19,20). The highest BCUT2D eigenvalue weighted by Crippen LogP contribution is 2.39. The summed E-state index contributed by atoms with van der Waals surface area (Å²) in [6.45, 7) is 1.74. The van der Waals surface area contributed by atoms with E-state index >= 15 is 0 Å². The van der Waals surface area contributed by atoms with Gasteiger partial charge in [-0.3, -0.25) is 4.68 Å². The maximum atomic E-state index is 11.4. The van der Waals surface area contributed by atoms with E-state index in [2.05, 4.69) is 15.1 Å². The number of thioether (sulfide) groups is 1. The highest BCUT2D eigenvalue weighted by Gasteiger charge is 2.29. The Hall–Kier alpha value is -1.89. The molecule has 1 saturated carbocycles. The molecule has 0 bridgehead atoms. The maximum Gasteiger partial charge on any atom is 0.340 e. The summed E-state index contributed by atoms with van der Waals surface area (Å²) in [5.74, 6) is 0.807. The van der Waals surface area contributed by atoms with Crippen LogP contribution < -0.4 is 0 Å². The summed E-state index contributed by atoms with van der Waals surface area (Å²) >= 11 is 1.41. The van der Waals surface area contributed by atoms with Gasteiger partial charge < -0.3 is 5.11 Å². The van der Waals surface area contributed by atoms with Gasteiger partial charge in [0.25, 0.3) is 0 Å². The molecule has 3 rings (SSSR count). The molecule has 1 fully saturated rings. The monoisotopic (exact) mass is 304 g/mol. The molecule has 110 valence electrons. The number of aromatic nitrogens is 4. The molecule has 7 heteroatoms. The van der Waals surface area contributed by atoms with Gasteiger partial charge in [0.15, 0.2) is 0 Å². The fourth-order valence-corrected chi connectivity index (χ4v) is 3.10. The van der Waals surface area contributed by atoms with Crippen molar-refractivity contribution in [3.63, 3.8) is 0 Å². The van der Waals surface area contributed by atoms with Gasteiger partial charge >= 0.3 is 5.97 Å². The first-order valence-electron chi connectivity index (χ1n) is 6.77. The molecule has 1 aliphatic carbocycles. The number of aryl methyl sites for hydroxylation is 2. The van der Waals surface area contributed by atoms with E-state index in [1.807, 2.05) is 19.3 Å². The lowest BCUT2D eigenvalue weighted by atomic mass is 10.2. The summed E-state index contributed by atoms with van der Waals surface area (Å²) in [6, 6.07) is 1.92. The number of rotatable bonds is 5. The van der Waals surface area contributed by atoms with Crippen LogP contribution in [-0.4, -0.2) is 30.8 Å². The topological polar surface area (TPSA) is 80.9 Å². The Bertz CT molecular complexity index is 694. The van der Waals surface area contributed by atoms with Gasteiger partial charge in [0.1, 0.15) is 16.4 Å². The smallest absolute Gasteiger partial charge is 0.340 e. The van der Waals surface area contributed by atoms with Crippen molar-refractivity contribution >= 4 is 17.7 Å². The van der Waals surface area contributed by atoms with Crippen molar-refractivity contribution in [3.05, 3.63) is 35.0 Å². The van der Waals surface area contributed by atoms with E-state index in [9.17, 15) is 9.90 Å². The maximum absolute atomic E-state index is 11.4. The summed E-state index contributed by atoms with van der Waals surface area (Å²) in [4.78, 5) is 20.3. The number of aromatic carboxylic acids is 1. The van der Waals surface area contributed by atoms with Crippen molar-refractivity contribution in [2.75, 3.05) is 0 Å². The molecule has 21 heavy (non-hydrogen) atoms. The first-order valence-corrected chi connectivity index (χ1v) is 7.76. The van der Waals surface area contributed by atoms with E-state index in [4.69, 9.17) is 0 Å². The molecule has 0 amide bonds. The Labute approximate surface area is 126 Å². The normalized spacial score (nSPS) is 14.4. The zero-order chi connectivity index (χ0) is 15.0. The summed E-state index contributed by atoms with van der Waals surface area (Å²) in [6.07, 6.45) is 4.06. The quantitative estimate of drug-likeness (QED) is 0.675. The van der Waals surface area contributed by atoms with Crippen LogP contribution in [0.1, 0.15) is 46.3 Å². The number of nitrogens with zero attached hydrogens (tertiary/aromatic N) is 4. The Morgan fingerprint density at radius 3 is 2.81 bits per heavy atom. The highest BCUT2D eigenvalue weighted by atomic mass is 32.2. The molecule has 0 saturated heterocycles. The first-order chi connectivity index (χ1) is 10.0. The molecule has 2 aromatic heterocycles. The summed E-state index contributed by atoms with van der Waals surface area (Å²) in [5.41, 5.74) is 1.66. The van der Waals surface area contributed by atoms with Crippen LogP contribution in [0.15, 0.2) is 17.3 Å². The van der Waals surface area contributed by atoms with E-state index in [1.54, 1.807) is 11.6 Å². The molecule has 0 atom stereocenters. The molecule has 6 nitrogen and oxygen atoms in total. The zero-order valence-electron chi connectivity index (χ0n) is 11.9. The van der Waals surface area contributed by atoms with Gasteiger partial charge in [-0.15, -0.1) is 0 Å². The largest absolute Gasteiger partial charge is 0.478 e. The summed E-state index contributed by atoms with van der Waals surface area (Å²) in [7, 11) is 1.86. The molecule has 0 aromatic carbocycles. The van der Waals surface area contributed by atoms with Gasteiger partial charge in [0.05, 0.1) is 11.4 Å². The molecule has 0 spiro atoms. The Kier molecular flexibility index (Phi) is 3.67. The number of hydrogen-bond donors (Lipinski definition) is 1. The molecule has 0 aliphatic heterocycles. The highest BCUT2D eigenvalue weighted by molar-refractivity contribution is 7.98. The minimum atomic E-state index is -0.974. The molecular formula is C14H16N4O2S. The fraction of sp³-hybridized carbons (Fsp3) is 0.429. The van der Waals surface area contributed by atoms with Crippen molar-refractivity contribution in [1.29, 1.82) is 0 Å². The van der Waals surface area contributed by atoms with E-state index < -0.39 is 5.97 Å². The lowest BCUT2D eigenvalue weighted by Crippen LogP contribution is -2.09. The molecule has 1 aliphatic rings. The number of hydrogen-bond acceptors (Lipinski definition) is 5. The first kappa shape index (κ1) is 14.1. The predicted octanol–water partition coefficient (Wildman–Crippen LogP) is 2.39. The van der Waals surface area contributed by atoms with Gasteiger partial charge in [-0.2, -0.15) is 5.10 Å². The third-order valence-corrected chi connectivity index (χ3v) is 4.36. The average Bonchev–Trinajstić information content (AvgIpc) is 3.18. The molecule has 0 radical (unpaired) electrons. The van der Waals surface area contributed by atoms with Crippen molar-refractivity contribution < 1.29 is 9.90 Å². The van der Waals surface area contributed by atoms with Crippen LogP contribution >= 0.6 is 11.8 Å². The van der Waals surface area contributed by atoms with Crippen molar-refractivity contribution in [3.8, 4) is 0 Å². The van der Waals surface area contributed by atoms with E-state index in [1.165, 1.54) is 11.8 Å². The van der Waals surface area contributed by atoms with Crippen molar-refractivity contribution in [2.45, 2.75) is 36.5 Å². The van der Waals surface area contributed by atoms with Gasteiger partial charge in [-0.05, 0) is 25.8 Å². The van der Waals surface area contributed by atoms with Crippen molar-refractivity contribution in [2.24, 2.45) is 7.05 Å². The molecule has 2 aromatic rings. The second kappa shape index (κ2) is 5.48. The Balaban J connectivity index is 1.88. The van der Waals surface area contributed by atoms with Crippen LogP contribution in [0, 0.1) is 6.92 Å². The van der Waals surface area contributed by atoms with Crippen LogP contribution in [0.3, 0.4) is 0 Å².